The van der Waals surface area contributed by atoms with Crippen LogP contribution in [0.5, 0.6) is 0 Å². The first-order valence-corrected chi connectivity index (χ1v) is 6.60. The summed E-state index contributed by atoms with van der Waals surface area (Å²) in [6.07, 6.45) is 2.52. The first-order valence-electron chi connectivity index (χ1n) is 5.38. The lowest BCUT2D eigenvalue weighted by molar-refractivity contribution is 0.243. The van der Waals surface area contributed by atoms with Gasteiger partial charge in [-0.3, -0.25) is 9.69 Å². The van der Waals surface area contributed by atoms with Crippen LogP contribution in [0.2, 0.25) is 0 Å². The molecule has 0 aromatic carbocycles. The number of carbonyl (C=O) groups is 1. The van der Waals surface area contributed by atoms with Crippen LogP contribution in [0.3, 0.4) is 0 Å². The van der Waals surface area contributed by atoms with Crippen LogP contribution in [0.1, 0.15) is 6.42 Å². The minimum atomic E-state index is -0.0248. The maximum absolute atomic E-state index is 11.8. The molecule has 0 aromatic rings. The molecule has 2 aliphatic heterocycles. The summed E-state index contributed by atoms with van der Waals surface area (Å²) in [5.74, 6) is 0.731. The number of thiocarbonyl (C=S) groups is 1. The van der Waals surface area contributed by atoms with E-state index in [4.69, 9.17) is 17.0 Å². The number of amides is 1. The summed E-state index contributed by atoms with van der Waals surface area (Å²) in [5.41, 5.74) is 0. The average Bonchev–Trinajstić information content (AvgIpc) is 2.82. The van der Waals surface area contributed by atoms with Gasteiger partial charge in [-0.1, -0.05) is 18.3 Å². The van der Waals surface area contributed by atoms with Crippen molar-refractivity contribution in [3.05, 3.63) is 23.4 Å². The molecule has 2 aliphatic rings. The smallest absolute Gasteiger partial charge is 0.291 e. The number of carbonyl (C=O) groups excluding carboxylic acids is 1. The van der Waals surface area contributed by atoms with Gasteiger partial charge in [-0.15, -0.1) is 6.58 Å². The van der Waals surface area contributed by atoms with Gasteiger partial charge in [-0.05, 0) is 18.2 Å². The molecule has 0 radical (unpaired) electrons. The fraction of sp³-hybridized carbons (Fsp3) is 0.455. The molecule has 0 atom stereocenters. The quantitative estimate of drug-likeness (QED) is 0.446. The van der Waals surface area contributed by atoms with Gasteiger partial charge in [0.1, 0.15) is 16.5 Å². The topological polar surface area (TPSA) is 32.8 Å². The van der Waals surface area contributed by atoms with E-state index in [0.717, 1.165) is 35.5 Å². The fourth-order valence-corrected chi connectivity index (χ4v) is 3.08. The molecule has 0 saturated carbocycles. The second-order valence-corrected chi connectivity index (χ2v) is 5.15. The van der Waals surface area contributed by atoms with Gasteiger partial charge >= 0.3 is 0 Å². The number of likely N-dealkylation sites (N-methyl/N-ethyl adjacent to an activating group) is 1. The Kier molecular flexibility index (Phi) is 3.73. The summed E-state index contributed by atoms with van der Waals surface area (Å²) in [7, 11) is 1.94. The summed E-state index contributed by atoms with van der Waals surface area (Å²) in [6.45, 7) is 5.73. The average molecular weight is 270 g/mol. The molecule has 2 saturated heterocycles. The lowest BCUT2D eigenvalue weighted by Gasteiger charge is -2.15. The Morgan fingerprint density at radius 2 is 2.41 bits per heavy atom. The minimum Gasteiger partial charge on any atom is -0.476 e. The van der Waals surface area contributed by atoms with E-state index in [1.54, 1.807) is 11.0 Å². The maximum atomic E-state index is 11.8. The summed E-state index contributed by atoms with van der Waals surface area (Å²) in [6, 6.07) is 0. The minimum absolute atomic E-state index is 0.0248. The van der Waals surface area contributed by atoms with Gasteiger partial charge in [-0.25, -0.2) is 0 Å². The van der Waals surface area contributed by atoms with Crippen LogP contribution in [0, 0.1) is 0 Å². The summed E-state index contributed by atoms with van der Waals surface area (Å²) < 4.78 is 5.52. The van der Waals surface area contributed by atoms with Crippen molar-refractivity contribution in [2.45, 2.75) is 6.42 Å². The molecule has 92 valence electrons. The van der Waals surface area contributed by atoms with Gasteiger partial charge < -0.3 is 9.64 Å². The van der Waals surface area contributed by atoms with E-state index in [9.17, 15) is 4.79 Å². The van der Waals surface area contributed by atoms with Crippen molar-refractivity contribution in [1.29, 1.82) is 0 Å². The molecule has 17 heavy (non-hydrogen) atoms. The van der Waals surface area contributed by atoms with Crippen LogP contribution < -0.4 is 0 Å². The highest BCUT2D eigenvalue weighted by molar-refractivity contribution is 8.19. The van der Waals surface area contributed by atoms with Crippen molar-refractivity contribution in [3.8, 4) is 0 Å². The van der Waals surface area contributed by atoms with E-state index >= 15 is 0 Å². The number of rotatable bonds is 3. The van der Waals surface area contributed by atoms with Crippen molar-refractivity contribution in [1.82, 2.24) is 9.80 Å². The second-order valence-electron chi connectivity index (χ2n) is 3.81. The second kappa shape index (κ2) is 5.10. The summed E-state index contributed by atoms with van der Waals surface area (Å²) >= 11 is 6.48. The molecular formula is C11H14N2O2S2. The normalized spacial score (nSPS) is 24.5. The monoisotopic (exact) mass is 270 g/mol. The van der Waals surface area contributed by atoms with E-state index in [0.29, 0.717) is 18.1 Å². The van der Waals surface area contributed by atoms with Crippen molar-refractivity contribution in [2.24, 2.45) is 0 Å². The van der Waals surface area contributed by atoms with Gasteiger partial charge in [0.15, 0.2) is 0 Å². The third kappa shape index (κ3) is 2.32. The van der Waals surface area contributed by atoms with E-state index in [1.165, 1.54) is 0 Å². The maximum Gasteiger partial charge on any atom is 0.291 e. The molecule has 2 rings (SSSR count). The van der Waals surface area contributed by atoms with E-state index < -0.39 is 0 Å². The van der Waals surface area contributed by atoms with Gasteiger partial charge in [-0.2, -0.15) is 0 Å². The number of ether oxygens (including phenoxy) is 1. The standard InChI is InChI=1S/C11H14N2O2S2/c1-3-4-5-13-10(16)8(17-11(13)14)9-12(2)6-7-15-9/h3H,1,4-7H2,2H3/b9-8-. The lowest BCUT2D eigenvalue weighted by atomic mass is 10.4. The fourth-order valence-electron chi connectivity index (χ4n) is 1.67. The van der Waals surface area contributed by atoms with Gasteiger partial charge in [0.05, 0.1) is 6.54 Å². The molecule has 0 aromatic heterocycles. The van der Waals surface area contributed by atoms with Gasteiger partial charge in [0, 0.05) is 13.6 Å². The Morgan fingerprint density at radius 1 is 1.65 bits per heavy atom. The first-order chi connectivity index (χ1) is 8.15. The van der Waals surface area contributed by atoms with Crippen LogP contribution in [-0.4, -0.2) is 46.8 Å². The lowest BCUT2D eigenvalue weighted by Crippen LogP contribution is -2.28. The Balaban J connectivity index is 2.20. The first kappa shape index (κ1) is 12.4. The molecule has 6 heteroatoms. The molecule has 1 amide bonds. The molecule has 2 heterocycles. The van der Waals surface area contributed by atoms with Crippen LogP contribution in [0.15, 0.2) is 23.4 Å². The molecule has 4 nitrogen and oxygen atoms in total. The van der Waals surface area contributed by atoms with Crippen LogP contribution in [0.25, 0.3) is 0 Å². The zero-order valence-corrected chi connectivity index (χ0v) is 11.3. The van der Waals surface area contributed by atoms with Crippen molar-refractivity contribution < 1.29 is 9.53 Å². The predicted octanol–water partition coefficient (Wildman–Crippen LogP) is 2.19. The van der Waals surface area contributed by atoms with E-state index in [2.05, 4.69) is 6.58 Å². The van der Waals surface area contributed by atoms with Crippen LogP contribution in [-0.2, 0) is 4.74 Å². The predicted molar refractivity (Wildman–Crippen MR) is 72.7 cm³/mol. The van der Waals surface area contributed by atoms with Crippen molar-refractivity contribution in [3.63, 3.8) is 0 Å². The molecule has 0 N–H and O–H groups in total. The summed E-state index contributed by atoms with van der Waals surface area (Å²) in [4.78, 5) is 16.8. The van der Waals surface area contributed by atoms with E-state index in [-0.39, 0.29) is 5.24 Å². The number of hydrogen-bond acceptors (Lipinski definition) is 5. The third-order valence-corrected chi connectivity index (χ3v) is 4.13. The Morgan fingerprint density at radius 3 is 3.00 bits per heavy atom. The zero-order valence-electron chi connectivity index (χ0n) is 9.64. The largest absolute Gasteiger partial charge is 0.476 e. The number of hydrogen-bond donors (Lipinski definition) is 0. The molecule has 0 bridgehead atoms. The van der Waals surface area contributed by atoms with Crippen molar-refractivity contribution in [2.75, 3.05) is 26.7 Å². The Bertz CT molecular complexity index is 406. The molecule has 0 unspecified atom stereocenters. The van der Waals surface area contributed by atoms with Crippen LogP contribution >= 0.6 is 24.0 Å². The van der Waals surface area contributed by atoms with Gasteiger partial charge in [0.2, 0.25) is 5.88 Å². The highest BCUT2D eigenvalue weighted by Gasteiger charge is 2.36. The van der Waals surface area contributed by atoms with Crippen molar-refractivity contribution >= 4 is 34.2 Å². The number of nitrogens with zero attached hydrogens (tertiary/aromatic N) is 2. The Hall–Kier alpha value is -1.01. The van der Waals surface area contributed by atoms with Gasteiger partial charge in [0.25, 0.3) is 5.24 Å². The number of thioether (sulfide) groups is 1. The Labute approximate surface area is 110 Å². The molecule has 0 spiro atoms. The zero-order chi connectivity index (χ0) is 12.4. The SMILES string of the molecule is C=CCCN1C(=O)S/C(=C2\OCCN2C)C1=S. The molecular weight excluding hydrogens is 256 g/mol. The highest BCUT2D eigenvalue weighted by atomic mass is 32.2. The summed E-state index contributed by atoms with van der Waals surface area (Å²) in [5, 5.41) is -0.0248. The van der Waals surface area contributed by atoms with Crippen LogP contribution in [0.4, 0.5) is 4.79 Å². The highest BCUT2D eigenvalue weighted by Crippen LogP contribution is 2.36. The third-order valence-electron chi connectivity index (χ3n) is 2.61. The molecule has 2 fully saturated rings. The van der Waals surface area contributed by atoms with E-state index in [1.807, 2.05) is 11.9 Å². The molecule has 0 aliphatic carbocycles.